The molecule has 0 spiro atoms. The van der Waals surface area contributed by atoms with Crippen LogP contribution in [-0.4, -0.2) is 5.78 Å². The number of carbonyl (C=O) groups is 1. The van der Waals surface area contributed by atoms with Crippen molar-refractivity contribution in [3.63, 3.8) is 0 Å². The Morgan fingerprint density at radius 2 is 1.09 bits per heavy atom. The third-order valence-corrected chi connectivity index (χ3v) is 4.72. The average Bonchev–Trinajstić information content (AvgIpc) is 2.62. The van der Waals surface area contributed by atoms with Crippen molar-refractivity contribution in [2.24, 2.45) is 0 Å². The summed E-state index contributed by atoms with van der Waals surface area (Å²) in [5, 5.41) is 0. The third-order valence-electron chi connectivity index (χ3n) is 4.72. The van der Waals surface area contributed by atoms with Crippen LogP contribution >= 0.6 is 0 Å². The lowest BCUT2D eigenvalue weighted by atomic mass is 9.82. The van der Waals surface area contributed by atoms with E-state index in [1.807, 2.05) is 36.4 Å². The minimum Gasteiger partial charge on any atom is -0.289 e. The molecule has 23 heavy (non-hydrogen) atoms. The Kier molecular flexibility index (Phi) is 4.57. The van der Waals surface area contributed by atoms with Crippen molar-refractivity contribution in [1.82, 2.24) is 0 Å². The molecule has 1 heteroatoms. The molecule has 0 bridgehead atoms. The van der Waals surface area contributed by atoms with E-state index in [9.17, 15) is 4.79 Å². The van der Waals surface area contributed by atoms with E-state index in [-0.39, 0.29) is 5.78 Å². The molecular formula is C22H22O. The Morgan fingerprint density at radius 3 is 1.48 bits per heavy atom. The summed E-state index contributed by atoms with van der Waals surface area (Å²) < 4.78 is 0. The average molecular weight is 302 g/mol. The van der Waals surface area contributed by atoms with Crippen LogP contribution in [0.25, 0.3) is 11.1 Å². The second-order valence-corrected chi connectivity index (χ2v) is 6.12. The molecule has 0 aromatic heterocycles. The van der Waals surface area contributed by atoms with Crippen LogP contribution in [0.1, 0.15) is 44.2 Å². The summed E-state index contributed by atoms with van der Waals surface area (Å²) in [6, 6.07) is 20.4. The molecule has 1 nitrogen and oxygen atoms in total. The van der Waals surface area contributed by atoms with Gasteiger partial charge in [-0.3, -0.25) is 4.79 Å². The lowest BCUT2D eigenvalue weighted by Crippen LogP contribution is -2.15. The fourth-order valence-electron chi connectivity index (χ4n) is 3.29. The zero-order valence-corrected chi connectivity index (χ0v) is 13.8. The molecule has 116 valence electrons. The van der Waals surface area contributed by atoms with Gasteiger partial charge in [-0.25, -0.2) is 0 Å². The van der Waals surface area contributed by atoms with Crippen molar-refractivity contribution < 1.29 is 4.79 Å². The number of benzene rings is 2. The zero-order chi connectivity index (χ0) is 16.2. The quantitative estimate of drug-likeness (QED) is 0.652. The van der Waals surface area contributed by atoms with Crippen LogP contribution in [0.4, 0.5) is 0 Å². The molecule has 1 fully saturated rings. The Hall–Kier alpha value is -2.41. The fourth-order valence-corrected chi connectivity index (χ4v) is 3.29. The van der Waals surface area contributed by atoms with E-state index >= 15 is 0 Å². The second kappa shape index (κ2) is 6.78. The van der Waals surface area contributed by atoms with E-state index in [1.54, 1.807) is 0 Å². The minimum absolute atomic E-state index is 0.235. The van der Waals surface area contributed by atoms with Gasteiger partial charge in [0.2, 0.25) is 0 Å². The highest BCUT2D eigenvalue weighted by molar-refractivity contribution is 6.16. The van der Waals surface area contributed by atoms with Gasteiger partial charge in [0.15, 0.2) is 5.78 Å². The molecule has 1 saturated carbocycles. The summed E-state index contributed by atoms with van der Waals surface area (Å²) in [6.45, 7) is 4.15. The minimum atomic E-state index is 0.235. The van der Waals surface area contributed by atoms with Gasteiger partial charge in [-0.2, -0.15) is 0 Å². The molecule has 0 radical (unpaired) electrons. The monoisotopic (exact) mass is 302 g/mol. The first-order valence-electron chi connectivity index (χ1n) is 8.23. The molecule has 1 aliphatic carbocycles. The largest absolute Gasteiger partial charge is 0.289 e. The van der Waals surface area contributed by atoms with Gasteiger partial charge < -0.3 is 0 Å². The molecule has 2 aromatic rings. The maximum Gasteiger partial charge on any atom is 0.185 e. The molecule has 0 amide bonds. The highest BCUT2D eigenvalue weighted by Crippen LogP contribution is 2.34. The van der Waals surface area contributed by atoms with Gasteiger partial charge in [-0.15, -0.1) is 0 Å². The highest BCUT2D eigenvalue weighted by Gasteiger charge is 2.24. The van der Waals surface area contributed by atoms with Crippen LogP contribution < -0.4 is 0 Å². The SMILES string of the molecule is C/C(=C1/CCC/C(=C(/C)c2ccccc2)C1=O)c1ccccc1. The van der Waals surface area contributed by atoms with Gasteiger partial charge in [-0.1, -0.05) is 60.7 Å². The normalized spacial score (nSPS) is 19.5. The topological polar surface area (TPSA) is 17.1 Å². The maximum absolute atomic E-state index is 13.0. The fraction of sp³-hybridized carbons (Fsp3) is 0.227. The number of Topliss-reactive ketones (excluding diaryl/α,β-unsaturated/α-hetero) is 1. The smallest absolute Gasteiger partial charge is 0.185 e. The van der Waals surface area contributed by atoms with Crippen molar-refractivity contribution in [2.75, 3.05) is 0 Å². The molecule has 2 aromatic carbocycles. The van der Waals surface area contributed by atoms with E-state index in [2.05, 4.69) is 38.1 Å². The van der Waals surface area contributed by atoms with Crippen LogP contribution in [0.5, 0.6) is 0 Å². The van der Waals surface area contributed by atoms with Crippen molar-refractivity contribution in [2.45, 2.75) is 33.1 Å². The Balaban J connectivity index is 2.02. The first-order chi connectivity index (χ1) is 11.2. The Bertz CT molecular complexity index is 699. The molecule has 0 N–H and O–H groups in total. The molecule has 1 aliphatic rings. The molecular weight excluding hydrogens is 280 g/mol. The molecule has 0 saturated heterocycles. The summed E-state index contributed by atoms with van der Waals surface area (Å²) in [4.78, 5) is 13.0. The Morgan fingerprint density at radius 1 is 0.696 bits per heavy atom. The van der Waals surface area contributed by atoms with Crippen molar-refractivity contribution >= 4 is 16.9 Å². The third kappa shape index (κ3) is 3.19. The molecule has 3 rings (SSSR count). The van der Waals surface area contributed by atoms with Crippen molar-refractivity contribution in [3.05, 3.63) is 82.9 Å². The van der Waals surface area contributed by atoms with Gasteiger partial charge in [0, 0.05) is 11.1 Å². The first kappa shape index (κ1) is 15.5. The highest BCUT2D eigenvalue weighted by atomic mass is 16.1. The Labute approximate surface area is 138 Å². The van der Waals surface area contributed by atoms with Crippen molar-refractivity contribution in [1.29, 1.82) is 0 Å². The molecule has 0 atom stereocenters. The lowest BCUT2D eigenvalue weighted by Gasteiger charge is -2.21. The van der Waals surface area contributed by atoms with Crippen LogP contribution in [0.2, 0.25) is 0 Å². The van der Waals surface area contributed by atoms with Gasteiger partial charge in [-0.05, 0) is 55.4 Å². The summed E-state index contributed by atoms with van der Waals surface area (Å²) >= 11 is 0. The second-order valence-electron chi connectivity index (χ2n) is 6.12. The molecule has 0 unspecified atom stereocenters. The van der Waals surface area contributed by atoms with Crippen LogP contribution in [0.15, 0.2) is 71.8 Å². The number of carbonyl (C=O) groups excluding carboxylic acids is 1. The van der Waals surface area contributed by atoms with Crippen LogP contribution in [0.3, 0.4) is 0 Å². The van der Waals surface area contributed by atoms with Crippen molar-refractivity contribution in [3.8, 4) is 0 Å². The predicted octanol–water partition coefficient (Wildman–Crippen LogP) is 5.69. The van der Waals surface area contributed by atoms with Gasteiger partial charge in [0.1, 0.15) is 0 Å². The summed E-state index contributed by atoms with van der Waals surface area (Å²) in [5.41, 5.74) is 6.49. The molecule has 0 heterocycles. The first-order valence-corrected chi connectivity index (χ1v) is 8.23. The van der Waals surface area contributed by atoms with E-state index in [4.69, 9.17) is 0 Å². The number of allylic oxidation sites excluding steroid dienone is 4. The number of hydrogen-bond donors (Lipinski definition) is 0. The van der Waals surface area contributed by atoms with Gasteiger partial charge in [0.05, 0.1) is 0 Å². The maximum atomic E-state index is 13.0. The van der Waals surface area contributed by atoms with Gasteiger partial charge >= 0.3 is 0 Å². The standard InChI is InChI=1S/C22H22O/c1-16(18-10-5-3-6-11-18)20-14-9-15-21(22(20)23)17(2)19-12-7-4-8-13-19/h3-8,10-13H,9,14-15H2,1-2H3/b20-16+,21-17+. The lowest BCUT2D eigenvalue weighted by molar-refractivity contribution is -0.112. The number of hydrogen-bond acceptors (Lipinski definition) is 1. The summed E-state index contributed by atoms with van der Waals surface area (Å²) in [7, 11) is 0. The zero-order valence-electron chi connectivity index (χ0n) is 13.8. The number of ketones is 1. The van der Waals surface area contributed by atoms with E-state index in [0.29, 0.717) is 0 Å². The summed E-state index contributed by atoms with van der Waals surface area (Å²) in [5.74, 6) is 0.235. The van der Waals surface area contributed by atoms with E-state index in [1.165, 1.54) is 0 Å². The van der Waals surface area contributed by atoms with E-state index < -0.39 is 0 Å². The predicted molar refractivity (Wildman–Crippen MR) is 96.9 cm³/mol. The van der Waals surface area contributed by atoms with E-state index in [0.717, 1.165) is 52.7 Å². The van der Waals surface area contributed by atoms with Crippen LogP contribution in [-0.2, 0) is 4.79 Å². The van der Waals surface area contributed by atoms with Gasteiger partial charge in [0.25, 0.3) is 0 Å². The number of rotatable bonds is 2. The van der Waals surface area contributed by atoms with Crippen LogP contribution in [0, 0.1) is 0 Å². The summed E-state index contributed by atoms with van der Waals surface area (Å²) in [6.07, 6.45) is 2.81. The molecule has 0 aliphatic heterocycles.